The second-order valence-corrected chi connectivity index (χ2v) is 3.60. The van der Waals surface area contributed by atoms with Gasteiger partial charge in [0.2, 0.25) is 11.2 Å². The quantitative estimate of drug-likeness (QED) is 0.783. The van der Waals surface area contributed by atoms with Crippen LogP contribution in [0.15, 0.2) is 30.1 Å². The van der Waals surface area contributed by atoms with Gasteiger partial charge in [-0.1, -0.05) is 6.08 Å². The van der Waals surface area contributed by atoms with Crippen molar-refractivity contribution >= 4 is 23.1 Å². The molecular formula is C11H9ClN6. The Kier molecular flexibility index (Phi) is 3.55. The average molecular weight is 261 g/mol. The van der Waals surface area contributed by atoms with Gasteiger partial charge in [0.15, 0.2) is 5.82 Å². The van der Waals surface area contributed by atoms with Crippen LogP contribution in [-0.2, 0) is 0 Å². The van der Waals surface area contributed by atoms with Crippen LogP contribution in [0.3, 0.4) is 0 Å². The van der Waals surface area contributed by atoms with E-state index in [9.17, 15) is 5.26 Å². The highest BCUT2D eigenvalue weighted by atomic mass is 35.5. The lowest BCUT2D eigenvalue weighted by Gasteiger charge is -2.08. The maximum Gasteiger partial charge on any atom is 0.227 e. The van der Waals surface area contributed by atoms with Crippen LogP contribution < -0.4 is 10.6 Å². The Morgan fingerprint density at radius 3 is 2.83 bits per heavy atom. The smallest absolute Gasteiger partial charge is 0.227 e. The first-order chi connectivity index (χ1) is 8.74. The lowest BCUT2D eigenvalue weighted by Crippen LogP contribution is -2.10. The fourth-order valence-electron chi connectivity index (χ4n) is 1.35. The van der Waals surface area contributed by atoms with E-state index in [1.54, 1.807) is 19.3 Å². The Hall–Kier alpha value is -2.39. The summed E-state index contributed by atoms with van der Waals surface area (Å²) in [6.07, 6.45) is 7.10. The van der Waals surface area contributed by atoms with Gasteiger partial charge in [0.05, 0.1) is 5.70 Å². The molecule has 1 aromatic rings. The zero-order valence-corrected chi connectivity index (χ0v) is 10.2. The molecule has 0 spiro atoms. The van der Waals surface area contributed by atoms with Gasteiger partial charge in [-0.15, -0.1) is 0 Å². The van der Waals surface area contributed by atoms with Crippen LogP contribution in [-0.4, -0.2) is 22.0 Å². The number of rotatable bonds is 2. The van der Waals surface area contributed by atoms with Gasteiger partial charge in [0.25, 0.3) is 0 Å². The Labute approximate surface area is 109 Å². The van der Waals surface area contributed by atoms with Crippen LogP contribution in [0.2, 0.25) is 5.28 Å². The Morgan fingerprint density at radius 2 is 2.22 bits per heavy atom. The SMILES string of the molecule is CNc1nc(Cl)nc(/C(C#N)=C2/C=CC=CN2)n1. The van der Waals surface area contributed by atoms with Crippen LogP contribution in [0.5, 0.6) is 0 Å². The van der Waals surface area contributed by atoms with E-state index in [2.05, 4.69) is 31.7 Å². The average Bonchev–Trinajstić information content (AvgIpc) is 2.40. The molecule has 0 radical (unpaired) electrons. The predicted octanol–water partition coefficient (Wildman–Crippen LogP) is 1.47. The molecule has 6 nitrogen and oxygen atoms in total. The van der Waals surface area contributed by atoms with Crippen molar-refractivity contribution in [3.8, 4) is 6.07 Å². The maximum absolute atomic E-state index is 9.22. The summed E-state index contributed by atoms with van der Waals surface area (Å²) in [5.41, 5.74) is 0.917. The number of hydrogen-bond donors (Lipinski definition) is 2. The Morgan fingerprint density at radius 1 is 1.39 bits per heavy atom. The lowest BCUT2D eigenvalue weighted by molar-refractivity contribution is 1.01. The summed E-state index contributed by atoms with van der Waals surface area (Å²) < 4.78 is 0. The van der Waals surface area contributed by atoms with Crippen LogP contribution in [0.1, 0.15) is 5.82 Å². The molecule has 1 aliphatic rings. The number of allylic oxidation sites excluding steroid dienone is 4. The fourth-order valence-corrected chi connectivity index (χ4v) is 1.51. The van der Waals surface area contributed by atoms with Gasteiger partial charge in [-0.05, 0) is 23.8 Å². The van der Waals surface area contributed by atoms with Crippen molar-refractivity contribution in [2.45, 2.75) is 0 Å². The first kappa shape index (κ1) is 12.1. The minimum atomic E-state index is 0.0352. The van der Waals surface area contributed by atoms with Crippen molar-refractivity contribution in [3.63, 3.8) is 0 Å². The molecular weight excluding hydrogens is 252 g/mol. The fraction of sp³-hybridized carbons (Fsp3) is 0.0909. The van der Waals surface area contributed by atoms with E-state index in [0.29, 0.717) is 17.2 Å². The number of nitriles is 1. The number of halogens is 1. The highest BCUT2D eigenvalue weighted by Gasteiger charge is 2.13. The normalized spacial score (nSPS) is 15.8. The van der Waals surface area contributed by atoms with Gasteiger partial charge >= 0.3 is 0 Å². The summed E-state index contributed by atoms with van der Waals surface area (Å²) in [5.74, 6) is 0.540. The number of hydrogen-bond acceptors (Lipinski definition) is 6. The van der Waals surface area contributed by atoms with Crippen molar-refractivity contribution < 1.29 is 0 Å². The summed E-state index contributed by atoms with van der Waals surface area (Å²) in [7, 11) is 1.66. The molecule has 2 heterocycles. The van der Waals surface area contributed by atoms with Gasteiger partial charge in [-0.25, -0.2) is 0 Å². The van der Waals surface area contributed by atoms with Crippen molar-refractivity contribution in [2.75, 3.05) is 12.4 Å². The zero-order valence-electron chi connectivity index (χ0n) is 9.48. The van der Waals surface area contributed by atoms with Gasteiger partial charge in [0.1, 0.15) is 11.6 Å². The second kappa shape index (κ2) is 5.29. The van der Waals surface area contributed by atoms with Crippen LogP contribution in [0, 0.1) is 11.3 Å². The molecule has 18 heavy (non-hydrogen) atoms. The molecule has 0 unspecified atom stereocenters. The van der Waals surface area contributed by atoms with E-state index < -0.39 is 0 Å². The molecule has 1 aliphatic heterocycles. The number of anilines is 1. The molecule has 0 aromatic carbocycles. The first-order valence-corrected chi connectivity index (χ1v) is 5.46. The highest BCUT2D eigenvalue weighted by molar-refractivity contribution is 6.28. The largest absolute Gasteiger partial charge is 0.360 e. The van der Waals surface area contributed by atoms with E-state index in [-0.39, 0.29) is 11.1 Å². The summed E-state index contributed by atoms with van der Waals surface area (Å²) in [6, 6.07) is 2.06. The summed E-state index contributed by atoms with van der Waals surface area (Å²) in [6.45, 7) is 0. The summed E-state index contributed by atoms with van der Waals surface area (Å²) in [4.78, 5) is 11.9. The van der Waals surface area contributed by atoms with Crippen molar-refractivity contribution in [1.29, 1.82) is 5.26 Å². The molecule has 2 rings (SSSR count). The molecule has 1 aromatic heterocycles. The van der Waals surface area contributed by atoms with Crippen LogP contribution in [0.4, 0.5) is 5.95 Å². The molecule has 0 saturated heterocycles. The van der Waals surface area contributed by atoms with E-state index in [1.807, 2.05) is 12.2 Å². The summed E-state index contributed by atoms with van der Waals surface area (Å²) in [5, 5.41) is 15.0. The van der Waals surface area contributed by atoms with Crippen LogP contribution in [0.25, 0.3) is 5.57 Å². The van der Waals surface area contributed by atoms with Gasteiger partial charge in [-0.2, -0.15) is 20.2 Å². The highest BCUT2D eigenvalue weighted by Crippen LogP contribution is 2.17. The minimum Gasteiger partial charge on any atom is -0.360 e. The molecule has 2 N–H and O–H groups in total. The molecule has 0 amide bonds. The molecule has 0 aliphatic carbocycles. The van der Waals surface area contributed by atoms with Crippen molar-refractivity contribution in [3.05, 3.63) is 41.2 Å². The van der Waals surface area contributed by atoms with Gasteiger partial charge in [0, 0.05) is 13.2 Å². The number of nitrogens with one attached hydrogen (secondary N) is 2. The minimum absolute atomic E-state index is 0.0352. The van der Waals surface area contributed by atoms with E-state index >= 15 is 0 Å². The van der Waals surface area contributed by atoms with Crippen molar-refractivity contribution in [1.82, 2.24) is 20.3 Å². The standard InChI is InChI=1S/C11H9ClN6/c1-14-11-17-9(16-10(12)18-11)7(6-13)8-4-2-3-5-15-8/h2-5,15H,1H3,(H,14,16,17,18)/b8-7-. The molecule has 0 atom stereocenters. The third-order valence-electron chi connectivity index (χ3n) is 2.15. The molecule has 0 fully saturated rings. The second-order valence-electron chi connectivity index (χ2n) is 3.26. The number of nitrogens with zero attached hydrogens (tertiary/aromatic N) is 4. The van der Waals surface area contributed by atoms with Crippen LogP contribution >= 0.6 is 11.6 Å². The van der Waals surface area contributed by atoms with Gasteiger partial charge in [-0.3, -0.25) is 0 Å². The Balaban J connectivity index is 2.52. The first-order valence-electron chi connectivity index (χ1n) is 5.08. The van der Waals surface area contributed by atoms with Crippen molar-refractivity contribution in [2.24, 2.45) is 0 Å². The monoisotopic (exact) mass is 260 g/mol. The molecule has 0 saturated carbocycles. The third-order valence-corrected chi connectivity index (χ3v) is 2.31. The number of dihydropyridines is 1. The lowest BCUT2D eigenvalue weighted by atomic mass is 10.1. The third kappa shape index (κ3) is 2.47. The topological polar surface area (TPSA) is 86.5 Å². The maximum atomic E-state index is 9.22. The van der Waals surface area contributed by atoms with E-state index in [0.717, 1.165) is 0 Å². The Bertz CT molecular complexity index is 596. The molecule has 90 valence electrons. The predicted molar refractivity (Wildman–Crippen MR) is 68.3 cm³/mol. The van der Waals surface area contributed by atoms with E-state index in [4.69, 9.17) is 11.6 Å². The zero-order chi connectivity index (χ0) is 13.0. The number of aromatic nitrogens is 3. The molecule has 0 bridgehead atoms. The van der Waals surface area contributed by atoms with Gasteiger partial charge < -0.3 is 10.6 Å². The molecule has 7 heteroatoms. The summed E-state index contributed by atoms with van der Waals surface area (Å²) >= 11 is 5.78. The van der Waals surface area contributed by atoms with E-state index in [1.165, 1.54) is 0 Å².